The number of hydrogen-bond donors (Lipinski definition) is 1. The summed E-state index contributed by atoms with van der Waals surface area (Å²) in [5.74, 6) is -0.0933. The highest BCUT2D eigenvalue weighted by Crippen LogP contribution is 2.36. The number of carbonyl (C=O) groups is 1. The van der Waals surface area contributed by atoms with Crippen molar-refractivity contribution in [3.8, 4) is 0 Å². The molecule has 3 heteroatoms. The van der Waals surface area contributed by atoms with Crippen molar-refractivity contribution in [2.45, 2.75) is 64.0 Å². The van der Waals surface area contributed by atoms with Crippen LogP contribution in [0.4, 0.5) is 0 Å². The Balaban J connectivity index is 2.00. The Bertz CT molecular complexity index is 456. The van der Waals surface area contributed by atoms with Crippen LogP contribution in [0.3, 0.4) is 0 Å². The molecule has 0 atom stereocenters. The van der Waals surface area contributed by atoms with Crippen molar-refractivity contribution >= 4 is 5.97 Å². The molecule has 1 aliphatic carbocycles. The van der Waals surface area contributed by atoms with E-state index in [0.29, 0.717) is 12.0 Å². The van der Waals surface area contributed by atoms with Crippen LogP contribution in [0.1, 0.15) is 57.9 Å². The third-order valence-electron chi connectivity index (χ3n) is 4.58. The summed E-state index contributed by atoms with van der Waals surface area (Å²) in [6, 6.07) is 11.1. The highest BCUT2D eigenvalue weighted by molar-refractivity contribution is 5.69. The van der Waals surface area contributed by atoms with Crippen LogP contribution in [-0.4, -0.2) is 34.1 Å². The largest absolute Gasteiger partial charge is 0.480 e. The van der Waals surface area contributed by atoms with E-state index in [2.05, 4.69) is 56.0 Å². The molecule has 0 saturated heterocycles. The molecule has 0 bridgehead atoms. The zero-order valence-corrected chi connectivity index (χ0v) is 13.4. The lowest BCUT2D eigenvalue weighted by molar-refractivity contribution is -0.141. The van der Waals surface area contributed by atoms with E-state index >= 15 is 0 Å². The molecule has 3 nitrogen and oxygen atoms in total. The Morgan fingerprint density at radius 2 is 1.71 bits per heavy atom. The Morgan fingerprint density at radius 3 is 2.19 bits per heavy atom. The average molecular weight is 289 g/mol. The zero-order valence-electron chi connectivity index (χ0n) is 13.4. The lowest BCUT2D eigenvalue weighted by Crippen LogP contribution is -2.51. The van der Waals surface area contributed by atoms with Crippen LogP contribution in [0.15, 0.2) is 30.3 Å². The van der Waals surface area contributed by atoms with Gasteiger partial charge in [0.25, 0.3) is 0 Å². The first-order valence-electron chi connectivity index (χ1n) is 7.91. The van der Waals surface area contributed by atoms with Crippen molar-refractivity contribution in [1.29, 1.82) is 0 Å². The second kappa shape index (κ2) is 6.61. The summed E-state index contributed by atoms with van der Waals surface area (Å²) < 4.78 is 0. The molecular formula is C18H27NO2. The van der Waals surface area contributed by atoms with Gasteiger partial charge in [0.2, 0.25) is 0 Å². The molecule has 0 unspecified atom stereocenters. The summed E-state index contributed by atoms with van der Waals surface area (Å²) in [5, 5.41) is 9.17. The summed E-state index contributed by atoms with van der Waals surface area (Å²) in [6.45, 7) is 6.47. The molecule has 116 valence electrons. The Kier molecular flexibility index (Phi) is 5.04. The summed E-state index contributed by atoms with van der Waals surface area (Å²) in [7, 11) is 0. The van der Waals surface area contributed by atoms with Gasteiger partial charge in [-0.15, -0.1) is 0 Å². The molecule has 1 aliphatic rings. The molecule has 1 fully saturated rings. The fourth-order valence-corrected chi connectivity index (χ4v) is 3.51. The second-order valence-corrected chi connectivity index (χ2v) is 7.11. The summed E-state index contributed by atoms with van der Waals surface area (Å²) >= 11 is 0. The quantitative estimate of drug-likeness (QED) is 0.914. The predicted molar refractivity (Wildman–Crippen MR) is 85.5 cm³/mol. The molecule has 0 aliphatic heterocycles. The van der Waals surface area contributed by atoms with Gasteiger partial charge in [0.05, 0.1) is 6.54 Å². The molecule has 0 heterocycles. The van der Waals surface area contributed by atoms with Gasteiger partial charge in [0.1, 0.15) is 0 Å². The third-order valence-corrected chi connectivity index (χ3v) is 4.58. The molecule has 1 aromatic carbocycles. The summed E-state index contributed by atoms with van der Waals surface area (Å²) in [4.78, 5) is 13.3. The first kappa shape index (κ1) is 16.0. The first-order valence-corrected chi connectivity index (χ1v) is 7.91. The molecular weight excluding hydrogens is 262 g/mol. The minimum absolute atomic E-state index is 0.0946. The monoisotopic (exact) mass is 289 g/mol. The predicted octanol–water partition coefficient (Wildman–Crippen LogP) is 3.90. The number of aliphatic carboxylic acids is 1. The van der Waals surface area contributed by atoms with Gasteiger partial charge >= 0.3 is 5.97 Å². The van der Waals surface area contributed by atoms with Gasteiger partial charge in [-0.1, -0.05) is 30.3 Å². The maximum atomic E-state index is 11.1. The van der Waals surface area contributed by atoms with Crippen LogP contribution in [0.25, 0.3) is 0 Å². The van der Waals surface area contributed by atoms with E-state index in [1.165, 1.54) is 5.56 Å². The van der Waals surface area contributed by atoms with E-state index in [1.54, 1.807) is 0 Å². The van der Waals surface area contributed by atoms with Gasteiger partial charge in [-0.25, -0.2) is 0 Å². The van der Waals surface area contributed by atoms with Crippen LogP contribution >= 0.6 is 0 Å². The maximum Gasteiger partial charge on any atom is 0.317 e. The molecule has 1 N–H and O–H groups in total. The molecule has 0 radical (unpaired) electrons. The zero-order chi connectivity index (χ0) is 15.5. The van der Waals surface area contributed by atoms with Crippen molar-refractivity contribution in [3.05, 3.63) is 35.9 Å². The molecule has 2 rings (SSSR count). The summed E-state index contributed by atoms with van der Waals surface area (Å²) in [5.41, 5.74) is 1.33. The van der Waals surface area contributed by atoms with Gasteiger partial charge in [-0.05, 0) is 57.9 Å². The minimum Gasteiger partial charge on any atom is -0.480 e. The van der Waals surface area contributed by atoms with Gasteiger partial charge < -0.3 is 5.11 Å². The van der Waals surface area contributed by atoms with E-state index in [0.717, 1.165) is 25.7 Å². The first-order chi connectivity index (χ1) is 9.88. The van der Waals surface area contributed by atoms with E-state index < -0.39 is 5.97 Å². The second-order valence-electron chi connectivity index (χ2n) is 7.11. The van der Waals surface area contributed by atoms with E-state index in [-0.39, 0.29) is 12.1 Å². The number of rotatable bonds is 4. The topological polar surface area (TPSA) is 40.5 Å². The molecule has 0 aromatic heterocycles. The number of hydrogen-bond acceptors (Lipinski definition) is 2. The third kappa shape index (κ3) is 4.31. The van der Waals surface area contributed by atoms with Crippen molar-refractivity contribution in [2.75, 3.05) is 6.54 Å². The maximum absolute atomic E-state index is 11.1. The van der Waals surface area contributed by atoms with Crippen molar-refractivity contribution in [3.63, 3.8) is 0 Å². The molecule has 0 amide bonds. The Labute approximate surface area is 128 Å². The van der Waals surface area contributed by atoms with Gasteiger partial charge in [-0.3, -0.25) is 9.69 Å². The van der Waals surface area contributed by atoms with E-state index in [9.17, 15) is 4.79 Å². The van der Waals surface area contributed by atoms with Crippen LogP contribution in [0, 0.1) is 0 Å². The average Bonchev–Trinajstić information content (AvgIpc) is 2.45. The van der Waals surface area contributed by atoms with E-state index in [1.807, 2.05) is 0 Å². The molecule has 1 aromatic rings. The van der Waals surface area contributed by atoms with Gasteiger partial charge in [-0.2, -0.15) is 0 Å². The highest BCUT2D eigenvalue weighted by Gasteiger charge is 2.33. The Morgan fingerprint density at radius 1 is 1.14 bits per heavy atom. The van der Waals surface area contributed by atoms with Crippen LogP contribution in [0.5, 0.6) is 0 Å². The lowest BCUT2D eigenvalue weighted by atomic mass is 9.80. The Hall–Kier alpha value is -1.35. The van der Waals surface area contributed by atoms with Crippen molar-refractivity contribution < 1.29 is 9.90 Å². The van der Waals surface area contributed by atoms with Crippen molar-refractivity contribution in [1.82, 2.24) is 4.90 Å². The van der Waals surface area contributed by atoms with Crippen molar-refractivity contribution in [2.24, 2.45) is 0 Å². The number of carboxylic acids is 1. The fourth-order valence-electron chi connectivity index (χ4n) is 3.51. The fraction of sp³-hybridized carbons (Fsp3) is 0.611. The van der Waals surface area contributed by atoms with Gasteiger partial charge in [0, 0.05) is 11.6 Å². The normalized spacial score (nSPS) is 23.2. The van der Waals surface area contributed by atoms with Crippen LogP contribution < -0.4 is 0 Å². The molecule has 1 saturated carbocycles. The smallest absolute Gasteiger partial charge is 0.317 e. The standard InChI is InChI=1S/C18H27NO2/c1-18(2,3)19(13-17(20)21)16-11-9-15(10-12-16)14-7-5-4-6-8-14/h4-8,15-16H,9-13H2,1-3H3,(H,20,21). The molecule has 21 heavy (non-hydrogen) atoms. The van der Waals surface area contributed by atoms with Gasteiger partial charge in [0.15, 0.2) is 0 Å². The number of carboxylic acid groups (broad SMARTS) is 1. The number of nitrogens with zero attached hydrogens (tertiary/aromatic N) is 1. The highest BCUT2D eigenvalue weighted by atomic mass is 16.4. The number of benzene rings is 1. The van der Waals surface area contributed by atoms with Crippen LogP contribution in [-0.2, 0) is 4.79 Å². The van der Waals surface area contributed by atoms with Crippen LogP contribution in [0.2, 0.25) is 0 Å². The SMILES string of the molecule is CC(C)(C)N(CC(=O)O)C1CCC(c2ccccc2)CC1. The lowest BCUT2D eigenvalue weighted by Gasteiger charge is -2.43. The molecule has 0 spiro atoms. The summed E-state index contributed by atoms with van der Waals surface area (Å²) in [6.07, 6.45) is 4.48. The minimum atomic E-state index is -0.727. The van der Waals surface area contributed by atoms with E-state index in [4.69, 9.17) is 5.11 Å².